The molecule has 2 rings (SSSR count). The van der Waals surface area contributed by atoms with E-state index in [1.54, 1.807) is 19.2 Å². The van der Waals surface area contributed by atoms with Crippen molar-refractivity contribution >= 4 is 28.9 Å². The molecule has 0 radical (unpaired) electrons. The van der Waals surface area contributed by atoms with Gasteiger partial charge >= 0.3 is 0 Å². The summed E-state index contributed by atoms with van der Waals surface area (Å²) in [6.45, 7) is 4.03. The topological polar surface area (TPSA) is 59.6 Å². The average molecular weight is 349 g/mol. The Morgan fingerprint density at radius 1 is 1.04 bits per heavy atom. The van der Waals surface area contributed by atoms with E-state index >= 15 is 0 Å². The molecule has 0 heterocycles. The zero-order chi connectivity index (χ0) is 17.7. The molecule has 0 fully saturated rings. The van der Waals surface area contributed by atoms with E-state index in [1.807, 2.05) is 32.0 Å². The van der Waals surface area contributed by atoms with Gasteiger partial charge in [-0.05, 0) is 31.0 Å². The van der Waals surface area contributed by atoms with Gasteiger partial charge in [0.15, 0.2) is 0 Å². The summed E-state index contributed by atoms with van der Waals surface area (Å²) in [6, 6.07) is 9.27. The first-order chi connectivity index (χ1) is 11.4. The molecule has 6 heteroatoms. The SMILES string of the molecule is COc1cc(NCC(=O)Nc2cc(C)ccc2C)c(OC)cc1Cl. The van der Waals surface area contributed by atoms with Gasteiger partial charge in [-0.1, -0.05) is 23.7 Å². The summed E-state index contributed by atoms with van der Waals surface area (Å²) in [5.41, 5.74) is 3.55. The first-order valence-electron chi connectivity index (χ1n) is 7.47. The predicted molar refractivity (Wildman–Crippen MR) is 97.6 cm³/mol. The molecule has 0 aromatic heterocycles. The summed E-state index contributed by atoms with van der Waals surface area (Å²) >= 11 is 6.07. The first-order valence-corrected chi connectivity index (χ1v) is 7.85. The normalized spacial score (nSPS) is 10.2. The van der Waals surface area contributed by atoms with E-state index in [0.29, 0.717) is 22.2 Å². The lowest BCUT2D eigenvalue weighted by molar-refractivity contribution is -0.114. The number of hydrogen-bond donors (Lipinski definition) is 2. The van der Waals surface area contributed by atoms with Crippen LogP contribution in [-0.4, -0.2) is 26.7 Å². The fourth-order valence-corrected chi connectivity index (χ4v) is 2.47. The van der Waals surface area contributed by atoms with E-state index < -0.39 is 0 Å². The molecule has 0 aliphatic heterocycles. The van der Waals surface area contributed by atoms with Crippen molar-refractivity contribution in [2.75, 3.05) is 31.4 Å². The number of ether oxygens (including phenoxy) is 2. The van der Waals surface area contributed by atoms with Crippen LogP contribution in [0, 0.1) is 13.8 Å². The number of benzene rings is 2. The highest BCUT2D eigenvalue weighted by Crippen LogP contribution is 2.35. The highest BCUT2D eigenvalue weighted by molar-refractivity contribution is 6.32. The van der Waals surface area contributed by atoms with Gasteiger partial charge in [0, 0.05) is 17.8 Å². The van der Waals surface area contributed by atoms with E-state index in [4.69, 9.17) is 21.1 Å². The number of methoxy groups -OCH3 is 2. The number of carbonyl (C=O) groups is 1. The van der Waals surface area contributed by atoms with Gasteiger partial charge in [0.1, 0.15) is 11.5 Å². The molecule has 24 heavy (non-hydrogen) atoms. The Labute approximate surface area is 146 Å². The molecule has 2 aromatic rings. The molecule has 2 aromatic carbocycles. The molecular weight excluding hydrogens is 328 g/mol. The molecule has 0 bridgehead atoms. The van der Waals surface area contributed by atoms with E-state index in [-0.39, 0.29) is 12.5 Å². The molecule has 0 spiro atoms. The number of rotatable bonds is 6. The number of amides is 1. The lowest BCUT2D eigenvalue weighted by atomic mass is 10.1. The van der Waals surface area contributed by atoms with E-state index in [2.05, 4.69) is 10.6 Å². The van der Waals surface area contributed by atoms with Crippen LogP contribution in [0.3, 0.4) is 0 Å². The Hall–Kier alpha value is -2.40. The van der Waals surface area contributed by atoms with Crippen LogP contribution >= 0.6 is 11.6 Å². The lowest BCUT2D eigenvalue weighted by Crippen LogP contribution is -2.22. The molecule has 0 aliphatic carbocycles. The van der Waals surface area contributed by atoms with Gasteiger partial charge in [-0.25, -0.2) is 0 Å². The van der Waals surface area contributed by atoms with Crippen LogP contribution in [0.2, 0.25) is 5.02 Å². The van der Waals surface area contributed by atoms with Crippen molar-refractivity contribution in [2.45, 2.75) is 13.8 Å². The van der Waals surface area contributed by atoms with Gasteiger partial charge < -0.3 is 20.1 Å². The third-order valence-electron chi connectivity index (χ3n) is 3.58. The third kappa shape index (κ3) is 4.32. The smallest absolute Gasteiger partial charge is 0.243 e. The number of anilines is 2. The molecule has 128 valence electrons. The highest BCUT2D eigenvalue weighted by atomic mass is 35.5. The van der Waals surface area contributed by atoms with Crippen LogP contribution in [0.5, 0.6) is 11.5 Å². The summed E-state index contributed by atoms with van der Waals surface area (Å²) < 4.78 is 10.5. The summed E-state index contributed by atoms with van der Waals surface area (Å²) in [4.78, 5) is 12.2. The van der Waals surface area contributed by atoms with Crippen molar-refractivity contribution in [2.24, 2.45) is 0 Å². The Balaban J connectivity index is 2.07. The van der Waals surface area contributed by atoms with Gasteiger partial charge in [0.05, 0.1) is 31.5 Å². The maximum Gasteiger partial charge on any atom is 0.243 e. The zero-order valence-corrected chi connectivity index (χ0v) is 15.0. The zero-order valence-electron chi connectivity index (χ0n) is 14.2. The van der Waals surface area contributed by atoms with Crippen molar-refractivity contribution in [1.29, 1.82) is 0 Å². The molecular formula is C18H21ClN2O3. The van der Waals surface area contributed by atoms with Crippen LogP contribution in [0.1, 0.15) is 11.1 Å². The minimum absolute atomic E-state index is 0.0918. The second kappa shape index (κ2) is 7.93. The van der Waals surface area contributed by atoms with Crippen LogP contribution < -0.4 is 20.1 Å². The Bertz CT molecular complexity index is 747. The van der Waals surface area contributed by atoms with Gasteiger partial charge in [0.2, 0.25) is 5.91 Å². The highest BCUT2D eigenvalue weighted by Gasteiger charge is 2.11. The summed E-state index contributed by atoms with van der Waals surface area (Å²) in [7, 11) is 3.07. The van der Waals surface area contributed by atoms with Crippen molar-refractivity contribution in [3.05, 3.63) is 46.5 Å². The molecule has 0 saturated carbocycles. The minimum atomic E-state index is -0.153. The standard InChI is InChI=1S/C18H21ClN2O3/c1-11-5-6-12(2)14(7-11)21-18(22)10-20-15-9-16(23-3)13(19)8-17(15)24-4/h5-9,20H,10H2,1-4H3,(H,21,22). The minimum Gasteiger partial charge on any atom is -0.495 e. The number of aryl methyl sites for hydroxylation is 2. The lowest BCUT2D eigenvalue weighted by Gasteiger charge is -2.14. The molecule has 0 aliphatic rings. The number of carbonyl (C=O) groups excluding carboxylic acids is 1. The van der Waals surface area contributed by atoms with Crippen molar-refractivity contribution in [3.63, 3.8) is 0 Å². The summed E-state index contributed by atoms with van der Waals surface area (Å²) in [6.07, 6.45) is 0. The fraction of sp³-hybridized carbons (Fsp3) is 0.278. The molecule has 5 nitrogen and oxygen atoms in total. The van der Waals surface area contributed by atoms with Gasteiger partial charge in [-0.3, -0.25) is 4.79 Å². The third-order valence-corrected chi connectivity index (χ3v) is 3.88. The van der Waals surface area contributed by atoms with Crippen molar-refractivity contribution in [1.82, 2.24) is 0 Å². The molecule has 0 atom stereocenters. The Morgan fingerprint density at radius 2 is 1.75 bits per heavy atom. The molecule has 0 saturated heterocycles. The van der Waals surface area contributed by atoms with Crippen LogP contribution in [0.4, 0.5) is 11.4 Å². The van der Waals surface area contributed by atoms with Crippen molar-refractivity contribution in [3.8, 4) is 11.5 Å². The van der Waals surface area contributed by atoms with E-state index in [9.17, 15) is 4.79 Å². The fourth-order valence-electron chi connectivity index (χ4n) is 2.24. The summed E-state index contributed by atoms with van der Waals surface area (Å²) in [5.74, 6) is 0.898. The maximum atomic E-state index is 12.2. The average Bonchev–Trinajstić information content (AvgIpc) is 2.56. The first kappa shape index (κ1) is 17.9. The number of nitrogens with one attached hydrogen (secondary N) is 2. The second-order valence-electron chi connectivity index (χ2n) is 5.41. The van der Waals surface area contributed by atoms with Crippen LogP contribution in [0.15, 0.2) is 30.3 Å². The van der Waals surface area contributed by atoms with E-state index in [1.165, 1.54) is 7.11 Å². The molecule has 1 amide bonds. The van der Waals surface area contributed by atoms with Gasteiger partial charge in [0.25, 0.3) is 0 Å². The maximum absolute atomic E-state index is 12.2. The molecule has 0 unspecified atom stereocenters. The number of hydrogen-bond acceptors (Lipinski definition) is 4. The predicted octanol–water partition coefficient (Wildman–Crippen LogP) is 4.02. The Kier molecular flexibility index (Phi) is 5.93. The largest absolute Gasteiger partial charge is 0.495 e. The Morgan fingerprint density at radius 3 is 2.42 bits per heavy atom. The quantitative estimate of drug-likeness (QED) is 0.827. The van der Waals surface area contributed by atoms with Crippen LogP contribution in [-0.2, 0) is 4.79 Å². The van der Waals surface area contributed by atoms with E-state index in [0.717, 1.165) is 16.8 Å². The summed E-state index contributed by atoms with van der Waals surface area (Å²) in [5, 5.41) is 6.39. The van der Waals surface area contributed by atoms with Crippen LogP contribution in [0.25, 0.3) is 0 Å². The number of halogens is 1. The monoisotopic (exact) mass is 348 g/mol. The van der Waals surface area contributed by atoms with Crippen molar-refractivity contribution < 1.29 is 14.3 Å². The van der Waals surface area contributed by atoms with Gasteiger partial charge in [-0.2, -0.15) is 0 Å². The second-order valence-corrected chi connectivity index (χ2v) is 5.81. The van der Waals surface area contributed by atoms with Gasteiger partial charge in [-0.15, -0.1) is 0 Å². The molecule has 2 N–H and O–H groups in total.